The van der Waals surface area contributed by atoms with Crippen molar-refractivity contribution < 1.29 is 0 Å². The Bertz CT molecular complexity index is 428. The second-order valence-electron chi connectivity index (χ2n) is 5.91. The van der Waals surface area contributed by atoms with Crippen molar-refractivity contribution in [2.75, 3.05) is 37.4 Å². The predicted molar refractivity (Wildman–Crippen MR) is 87.2 cm³/mol. The van der Waals surface area contributed by atoms with Crippen LogP contribution in [0.5, 0.6) is 0 Å². The zero-order valence-corrected chi connectivity index (χ0v) is 13.2. The molecule has 0 unspecified atom stereocenters. The van der Waals surface area contributed by atoms with Crippen molar-refractivity contribution in [1.82, 2.24) is 14.9 Å². The number of likely N-dealkylation sites (tertiary alicyclic amines) is 1. The van der Waals surface area contributed by atoms with Crippen LogP contribution in [-0.4, -0.2) is 41.5 Å². The Hall–Kier alpha value is -1.40. The molecule has 1 aromatic rings. The van der Waals surface area contributed by atoms with Crippen molar-refractivity contribution in [2.24, 2.45) is 11.8 Å². The average Bonchev–Trinajstić information content (AvgIpc) is 2.49. The fourth-order valence-corrected chi connectivity index (χ4v) is 2.75. The fraction of sp³-hybridized carbons (Fsp3) is 0.733. The van der Waals surface area contributed by atoms with Crippen molar-refractivity contribution in [2.45, 2.75) is 39.0 Å². The normalized spacial score (nSPS) is 16.9. The van der Waals surface area contributed by atoms with Crippen molar-refractivity contribution in [3.63, 3.8) is 0 Å². The number of nitrogens with two attached hydrogens (primary N) is 1. The molecule has 2 rings (SSSR count). The van der Waals surface area contributed by atoms with Gasteiger partial charge in [0.25, 0.3) is 0 Å². The Morgan fingerprint density at radius 3 is 2.67 bits per heavy atom. The molecule has 0 aromatic carbocycles. The number of nitrogens with zero attached hydrogens (tertiary/aromatic N) is 3. The molecule has 0 saturated carbocycles. The molecular weight excluding hydrogens is 264 g/mol. The van der Waals surface area contributed by atoms with Crippen LogP contribution in [0, 0.1) is 5.92 Å². The number of hydrogen-bond donors (Lipinski definition) is 3. The summed E-state index contributed by atoms with van der Waals surface area (Å²) in [7, 11) is 2.20. The van der Waals surface area contributed by atoms with Crippen molar-refractivity contribution in [3.05, 3.63) is 11.9 Å². The first-order valence-corrected chi connectivity index (χ1v) is 7.98. The van der Waals surface area contributed by atoms with E-state index in [-0.39, 0.29) is 0 Å². The van der Waals surface area contributed by atoms with Crippen molar-refractivity contribution in [1.29, 1.82) is 0 Å². The summed E-state index contributed by atoms with van der Waals surface area (Å²) >= 11 is 0. The summed E-state index contributed by atoms with van der Waals surface area (Å²) in [5.74, 6) is 8.69. The Morgan fingerprint density at radius 1 is 1.29 bits per heavy atom. The summed E-state index contributed by atoms with van der Waals surface area (Å²) in [5, 5.41) is 3.42. The molecule has 6 heteroatoms. The third-order valence-electron chi connectivity index (χ3n) is 4.09. The molecule has 0 aliphatic carbocycles. The molecule has 1 aliphatic rings. The Balaban J connectivity index is 1.83. The van der Waals surface area contributed by atoms with Crippen molar-refractivity contribution >= 4 is 11.6 Å². The fourth-order valence-electron chi connectivity index (χ4n) is 2.75. The minimum absolute atomic E-state index is 0.676. The highest BCUT2D eigenvalue weighted by Gasteiger charge is 2.16. The maximum absolute atomic E-state index is 5.47. The topological polar surface area (TPSA) is 79.1 Å². The first-order valence-electron chi connectivity index (χ1n) is 7.98. The third kappa shape index (κ3) is 5.13. The molecule has 1 aliphatic heterocycles. The summed E-state index contributed by atoms with van der Waals surface area (Å²) in [6.07, 6.45) is 5.71. The van der Waals surface area contributed by atoms with Gasteiger partial charge in [-0.05, 0) is 51.7 Å². The largest absolute Gasteiger partial charge is 0.370 e. The number of rotatable bonds is 7. The van der Waals surface area contributed by atoms with Crippen molar-refractivity contribution in [3.8, 4) is 0 Å². The standard InChI is InChI=1S/C15H28N6/c1-3-4-13-18-14(11-15(19-13)20-16)17-8-5-12-6-9-21(2)10-7-12/h11-12H,3-10,16H2,1-2H3,(H2,17,18,19,20). The van der Waals surface area contributed by atoms with Gasteiger partial charge in [-0.15, -0.1) is 0 Å². The van der Waals surface area contributed by atoms with E-state index in [0.29, 0.717) is 5.82 Å². The monoisotopic (exact) mass is 292 g/mol. The van der Waals surface area contributed by atoms with Gasteiger partial charge < -0.3 is 15.6 Å². The van der Waals surface area contributed by atoms with Gasteiger partial charge in [0, 0.05) is 19.0 Å². The number of hydrogen-bond acceptors (Lipinski definition) is 6. The SMILES string of the molecule is CCCc1nc(NN)cc(NCCC2CCN(C)CC2)n1. The molecule has 0 amide bonds. The van der Waals surface area contributed by atoms with Crippen LogP contribution >= 0.6 is 0 Å². The molecule has 1 aromatic heterocycles. The maximum atomic E-state index is 5.47. The number of piperidine rings is 1. The molecule has 21 heavy (non-hydrogen) atoms. The zero-order chi connectivity index (χ0) is 15.1. The van der Waals surface area contributed by atoms with Gasteiger partial charge in [0.1, 0.15) is 17.5 Å². The molecule has 118 valence electrons. The number of hydrazine groups is 1. The Kier molecular flexibility index (Phi) is 6.20. The van der Waals surface area contributed by atoms with Gasteiger partial charge in [0.2, 0.25) is 0 Å². The molecule has 2 heterocycles. The lowest BCUT2D eigenvalue weighted by atomic mass is 9.94. The van der Waals surface area contributed by atoms with E-state index >= 15 is 0 Å². The number of aromatic nitrogens is 2. The summed E-state index contributed by atoms with van der Waals surface area (Å²) < 4.78 is 0. The predicted octanol–water partition coefficient (Wildman–Crippen LogP) is 1.86. The number of aryl methyl sites for hydroxylation is 1. The van der Waals surface area contributed by atoms with Crippen LogP contribution in [0.1, 0.15) is 38.4 Å². The molecule has 0 atom stereocenters. The van der Waals surface area contributed by atoms with Gasteiger partial charge in [-0.2, -0.15) is 0 Å². The number of nitrogens with one attached hydrogen (secondary N) is 2. The lowest BCUT2D eigenvalue weighted by Gasteiger charge is -2.28. The number of nitrogen functional groups attached to an aromatic ring is 1. The highest BCUT2D eigenvalue weighted by molar-refractivity contribution is 5.46. The van der Waals surface area contributed by atoms with Crippen LogP contribution in [0.25, 0.3) is 0 Å². The van der Waals surface area contributed by atoms with E-state index in [0.717, 1.165) is 36.9 Å². The minimum atomic E-state index is 0.676. The van der Waals surface area contributed by atoms with E-state index in [2.05, 4.69) is 39.6 Å². The average molecular weight is 292 g/mol. The molecule has 1 fully saturated rings. The van der Waals surface area contributed by atoms with Crippen LogP contribution < -0.4 is 16.6 Å². The highest BCUT2D eigenvalue weighted by atomic mass is 15.3. The van der Waals surface area contributed by atoms with Gasteiger partial charge in [-0.1, -0.05) is 6.92 Å². The van der Waals surface area contributed by atoms with E-state index in [1.807, 2.05) is 6.07 Å². The lowest BCUT2D eigenvalue weighted by Crippen LogP contribution is -2.30. The Morgan fingerprint density at radius 2 is 2.00 bits per heavy atom. The highest BCUT2D eigenvalue weighted by Crippen LogP contribution is 2.19. The summed E-state index contributed by atoms with van der Waals surface area (Å²) in [6.45, 7) is 5.53. The van der Waals surface area contributed by atoms with Crippen LogP contribution in [0.15, 0.2) is 6.07 Å². The van der Waals surface area contributed by atoms with Crippen LogP contribution in [-0.2, 0) is 6.42 Å². The zero-order valence-electron chi connectivity index (χ0n) is 13.2. The summed E-state index contributed by atoms with van der Waals surface area (Å²) in [5.41, 5.74) is 2.61. The van der Waals surface area contributed by atoms with Gasteiger partial charge in [-0.3, -0.25) is 0 Å². The van der Waals surface area contributed by atoms with E-state index in [1.165, 1.54) is 32.4 Å². The second kappa shape index (κ2) is 8.14. The summed E-state index contributed by atoms with van der Waals surface area (Å²) in [4.78, 5) is 11.3. The molecule has 0 spiro atoms. The summed E-state index contributed by atoms with van der Waals surface area (Å²) in [6, 6.07) is 1.87. The lowest BCUT2D eigenvalue weighted by molar-refractivity contribution is 0.215. The molecule has 1 saturated heterocycles. The van der Waals surface area contributed by atoms with E-state index < -0.39 is 0 Å². The van der Waals surface area contributed by atoms with E-state index in [4.69, 9.17) is 5.84 Å². The Labute approximate surface area is 127 Å². The van der Waals surface area contributed by atoms with Crippen LogP contribution in [0.2, 0.25) is 0 Å². The van der Waals surface area contributed by atoms with E-state index in [9.17, 15) is 0 Å². The minimum Gasteiger partial charge on any atom is -0.370 e. The first kappa shape index (κ1) is 16.0. The molecule has 0 radical (unpaired) electrons. The van der Waals surface area contributed by atoms with Gasteiger partial charge >= 0.3 is 0 Å². The van der Waals surface area contributed by atoms with Crippen LogP contribution in [0.4, 0.5) is 11.6 Å². The molecule has 6 nitrogen and oxygen atoms in total. The van der Waals surface area contributed by atoms with Gasteiger partial charge in [0.05, 0.1) is 0 Å². The first-order chi connectivity index (χ1) is 10.2. The van der Waals surface area contributed by atoms with E-state index in [1.54, 1.807) is 0 Å². The maximum Gasteiger partial charge on any atom is 0.145 e. The molecule has 4 N–H and O–H groups in total. The molecular formula is C15H28N6. The second-order valence-corrected chi connectivity index (χ2v) is 5.91. The molecule has 0 bridgehead atoms. The van der Waals surface area contributed by atoms with Gasteiger partial charge in [-0.25, -0.2) is 15.8 Å². The quantitative estimate of drug-likeness (QED) is 0.526. The smallest absolute Gasteiger partial charge is 0.145 e. The van der Waals surface area contributed by atoms with Gasteiger partial charge in [0.15, 0.2) is 0 Å². The number of anilines is 2. The van der Waals surface area contributed by atoms with Crippen LogP contribution in [0.3, 0.4) is 0 Å². The third-order valence-corrected chi connectivity index (χ3v) is 4.09.